The normalized spacial score (nSPS) is 45.4. The Morgan fingerprint density at radius 3 is 2.17 bits per heavy atom. The molecule has 3 unspecified atom stereocenters. The van der Waals surface area contributed by atoms with Gasteiger partial charge in [-0.15, -0.1) is 0 Å². The van der Waals surface area contributed by atoms with Crippen molar-refractivity contribution in [2.24, 2.45) is 56.7 Å². The number of rotatable bonds is 7. The average molecular weight is 585 g/mol. The summed E-state index contributed by atoms with van der Waals surface area (Å²) in [4.78, 5) is 35.5. The van der Waals surface area contributed by atoms with Gasteiger partial charge in [-0.25, -0.2) is 0 Å². The Balaban J connectivity index is 1.43. The van der Waals surface area contributed by atoms with Crippen LogP contribution >= 0.6 is 0 Å². The molecule has 5 aliphatic rings. The molecule has 5 fully saturated rings. The molecule has 5 saturated carbocycles. The zero-order valence-electron chi connectivity index (χ0n) is 27.4. The molecule has 0 bridgehead atoms. The number of fused-ring (bicyclic) bond motifs is 7. The first kappa shape index (κ1) is 31.6. The van der Waals surface area contributed by atoms with E-state index in [0.717, 1.165) is 38.5 Å². The maximum Gasteiger partial charge on any atom is 0.306 e. The van der Waals surface area contributed by atoms with E-state index in [0.29, 0.717) is 36.2 Å². The third-order valence-electron chi connectivity index (χ3n) is 14.6. The number of hydrogen-bond donors (Lipinski definition) is 1. The van der Waals surface area contributed by atoms with E-state index in [2.05, 4.69) is 48.1 Å². The van der Waals surface area contributed by atoms with E-state index in [1.165, 1.54) is 31.3 Å². The number of esters is 2. The van der Waals surface area contributed by atoms with Gasteiger partial charge in [0.2, 0.25) is 0 Å². The van der Waals surface area contributed by atoms with E-state index < -0.39 is 5.97 Å². The van der Waals surface area contributed by atoms with Crippen molar-refractivity contribution in [2.75, 3.05) is 6.61 Å². The Morgan fingerprint density at radius 1 is 0.810 bits per heavy atom. The molecule has 6 heteroatoms. The van der Waals surface area contributed by atoms with Crippen molar-refractivity contribution >= 4 is 17.9 Å². The summed E-state index contributed by atoms with van der Waals surface area (Å²) >= 11 is 0. The van der Waals surface area contributed by atoms with E-state index in [1.807, 2.05) is 0 Å². The van der Waals surface area contributed by atoms with Gasteiger partial charge in [-0.2, -0.15) is 0 Å². The van der Waals surface area contributed by atoms with Gasteiger partial charge in [0.15, 0.2) is 0 Å². The first-order chi connectivity index (χ1) is 19.5. The summed E-state index contributed by atoms with van der Waals surface area (Å²) in [5.41, 5.74) is 1.82. The third-order valence-corrected chi connectivity index (χ3v) is 14.6. The van der Waals surface area contributed by atoms with Gasteiger partial charge < -0.3 is 14.6 Å². The number of allylic oxidation sites excluding steroid dienone is 1. The quantitative estimate of drug-likeness (QED) is 0.241. The van der Waals surface area contributed by atoms with Gasteiger partial charge in [-0.05, 0) is 117 Å². The van der Waals surface area contributed by atoms with Crippen LogP contribution in [0.4, 0.5) is 0 Å². The molecule has 0 amide bonds. The van der Waals surface area contributed by atoms with Crippen molar-refractivity contribution in [3.8, 4) is 0 Å². The smallest absolute Gasteiger partial charge is 0.306 e. The van der Waals surface area contributed by atoms with Crippen LogP contribution in [0.1, 0.15) is 126 Å². The second-order valence-electron chi connectivity index (χ2n) is 16.6. The molecule has 10 atom stereocenters. The topological polar surface area (TPSA) is 89.9 Å². The highest BCUT2D eigenvalue weighted by Gasteiger charge is 2.71. The molecule has 0 aromatic carbocycles. The summed E-state index contributed by atoms with van der Waals surface area (Å²) < 4.78 is 11.8. The molecule has 0 saturated heterocycles. The lowest BCUT2D eigenvalue weighted by molar-refractivity contribution is -0.252. The Bertz CT molecular complexity index is 1130. The molecule has 1 N–H and O–H groups in total. The molecule has 236 valence electrons. The summed E-state index contributed by atoms with van der Waals surface area (Å²) in [5, 5.41) is 9.03. The largest absolute Gasteiger partial charge is 0.481 e. The van der Waals surface area contributed by atoms with Crippen LogP contribution < -0.4 is 0 Å². The summed E-state index contributed by atoms with van der Waals surface area (Å²) in [6, 6.07) is 0. The highest BCUT2D eigenvalue weighted by molar-refractivity contribution is 5.76. The first-order valence-corrected chi connectivity index (χ1v) is 16.7. The van der Waals surface area contributed by atoms with Gasteiger partial charge in [-0.1, -0.05) is 46.8 Å². The Hall–Kier alpha value is -1.85. The summed E-state index contributed by atoms with van der Waals surface area (Å²) in [5.74, 6) is 1.10. The van der Waals surface area contributed by atoms with Crippen LogP contribution in [-0.2, 0) is 23.9 Å². The lowest BCUT2D eigenvalue weighted by Gasteiger charge is -2.73. The van der Waals surface area contributed by atoms with Gasteiger partial charge in [0, 0.05) is 17.8 Å². The van der Waals surface area contributed by atoms with Crippen LogP contribution in [0.15, 0.2) is 12.2 Å². The number of carboxylic acid groups (broad SMARTS) is 1. The van der Waals surface area contributed by atoms with E-state index in [4.69, 9.17) is 14.6 Å². The number of carboxylic acids is 1. The predicted octanol–water partition coefficient (Wildman–Crippen LogP) is 7.98. The van der Waals surface area contributed by atoms with Crippen LogP contribution in [0, 0.1) is 56.7 Å². The fourth-order valence-electron chi connectivity index (χ4n) is 12.4. The SMILES string of the molecule is C=C(C)[C@@H]1CC[C@]2(COC(=O)CCC(=O)O)CC[C@]3(C)C(CC[C@@H]4[C@@]5(C)CC[C@@H](OC(C)=O)C(C)(C)C5CC[C@]43C)C12. The predicted molar refractivity (Wildman–Crippen MR) is 162 cm³/mol. The van der Waals surface area contributed by atoms with Crippen molar-refractivity contribution < 1.29 is 29.0 Å². The summed E-state index contributed by atoms with van der Waals surface area (Å²) in [6.45, 7) is 21.1. The van der Waals surface area contributed by atoms with E-state index >= 15 is 0 Å². The van der Waals surface area contributed by atoms with Crippen LogP contribution in [0.2, 0.25) is 0 Å². The average Bonchev–Trinajstić information content (AvgIpc) is 3.28. The van der Waals surface area contributed by atoms with Crippen LogP contribution in [0.5, 0.6) is 0 Å². The minimum absolute atomic E-state index is 0.00678. The molecule has 0 spiro atoms. The van der Waals surface area contributed by atoms with E-state index in [9.17, 15) is 14.4 Å². The molecule has 5 rings (SSSR count). The standard InChI is InChI=1S/C36H56O6/c1-22(2)24-13-18-36(21-41-30(40)12-11-29(38)39)20-19-34(7)25(31(24)36)9-10-27-33(6)16-15-28(42-23(3)37)32(4,5)26(33)14-17-35(27,34)8/h24-28,31H,1,9-21H2,2-8H3,(H,38,39)/t24-,25?,26?,27+,28+,31?,33-,34+,35+,36+/m0/s1. The number of carbonyl (C=O) groups excluding carboxylic acids is 2. The summed E-state index contributed by atoms with van der Waals surface area (Å²) in [7, 11) is 0. The number of ether oxygens (including phenoxy) is 2. The highest BCUT2D eigenvalue weighted by atomic mass is 16.5. The molecule has 0 radical (unpaired) electrons. The lowest BCUT2D eigenvalue weighted by atomic mass is 9.32. The van der Waals surface area contributed by atoms with Gasteiger partial charge in [0.05, 0.1) is 19.4 Å². The fourth-order valence-corrected chi connectivity index (χ4v) is 12.4. The first-order valence-electron chi connectivity index (χ1n) is 16.7. The van der Waals surface area contributed by atoms with Gasteiger partial charge in [0.1, 0.15) is 6.10 Å². The molecule has 0 heterocycles. The number of aliphatic carboxylic acids is 1. The Labute approximate surface area is 253 Å². The van der Waals surface area contributed by atoms with Crippen molar-refractivity contribution in [3.05, 3.63) is 12.2 Å². The molecular formula is C36H56O6. The third kappa shape index (κ3) is 4.67. The maximum atomic E-state index is 12.5. The second-order valence-corrected chi connectivity index (χ2v) is 16.6. The van der Waals surface area contributed by atoms with Crippen LogP contribution in [0.3, 0.4) is 0 Å². The van der Waals surface area contributed by atoms with Gasteiger partial charge in [-0.3, -0.25) is 14.4 Å². The van der Waals surface area contributed by atoms with Crippen molar-refractivity contribution in [2.45, 2.75) is 132 Å². The van der Waals surface area contributed by atoms with Crippen molar-refractivity contribution in [1.29, 1.82) is 0 Å². The molecule has 0 aromatic rings. The van der Waals surface area contributed by atoms with E-state index in [1.54, 1.807) is 6.92 Å². The zero-order chi connectivity index (χ0) is 30.9. The minimum atomic E-state index is -0.962. The monoisotopic (exact) mass is 584 g/mol. The van der Waals surface area contributed by atoms with Crippen molar-refractivity contribution in [1.82, 2.24) is 0 Å². The molecular weight excluding hydrogens is 528 g/mol. The van der Waals surface area contributed by atoms with E-state index in [-0.39, 0.29) is 58.0 Å². The van der Waals surface area contributed by atoms with Gasteiger partial charge >= 0.3 is 17.9 Å². The molecule has 5 aliphatic carbocycles. The molecule has 6 nitrogen and oxygen atoms in total. The Kier molecular flexibility index (Phi) is 8.00. The zero-order valence-corrected chi connectivity index (χ0v) is 27.4. The molecule has 42 heavy (non-hydrogen) atoms. The molecule has 0 aliphatic heterocycles. The summed E-state index contributed by atoms with van der Waals surface area (Å²) in [6.07, 6.45) is 11.0. The maximum absolute atomic E-state index is 12.5. The second kappa shape index (κ2) is 10.6. The minimum Gasteiger partial charge on any atom is -0.481 e. The lowest BCUT2D eigenvalue weighted by Crippen LogP contribution is -2.67. The number of hydrogen-bond acceptors (Lipinski definition) is 5. The fraction of sp³-hybridized carbons (Fsp3) is 0.861. The van der Waals surface area contributed by atoms with Crippen LogP contribution in [0.25, 0.3) is 0 Å². The highest BCUT2D eigenvalue weighted by Crippen LogP contribution is 2.77. The van der Waals surface area contributed by atoms with Crippen LogP contribution in [-0.4, -0.2) is 35.7 Å². The molecule has 0 aromatic heterocycles. The van der Waals surface area contributed by atoms with Crippen molar-refractivity contribution in [3.63, 3.8) is 0 Å². The Morgan fingerprint density at radius 2 is 1.52 bits per heavy atom. The number of carbonyl (C=O) groups is 3. The van der Waals surface area contributed by atoms with Gasteiger partial charge in [0.25, 0.3) is 0 Å².